The maximum Gasteiger partial charge on any atom is 0.335 e. The van der Waals surface area contributed by atoms with Crippen LogP contribution in [-0.4, -0.2) is 44.3 Å². The SMILES string of the molecule is Clc1ccccc1Cl.Clc1ccccc1Cl.Clc1ccccc1Cl.Clc1ccccc1Cl.O=C(O)c1ccc(C2=C(c3ccc(C(=O)O)cc3)SC(=C3SC(c4ccc(C(=O)O)cc4)=C(c4ccc(C(=O)O)cc4)S3)S2)cc1. The number of hydrogen-bond donors (Lipinski definition) is 4. The summed E-state index contributed by atoms with van der Waals surface area (Å²) in [5, 5.41) is 42.5. The Kier molecular flexibility index (Phi) is 24.0. The van der Waals surface area contributed by atoms with Crippen LogP contribution in [-0.2, 0) is 0 Å². The smallest absolute Gasteiger partial charge is 0.335 e. The third-order valence-electron chi connectivity index (χ3n) is 10.2. The van der Waals surface area contributed by atoms with Crippen LogP contribution in [0, 0.1) is 0 Å². The standard InChI is InChI=1S/C34H20O8S4.4C6H4Cl2/c35-29(36)21-9-1-17(2-10-21)25-26(18-3-11-22(12-4-18)30(37)38)44-33(43-25)34-45-27(19-5-13-23(14-6-19)31(39)40)28(46-34)20-7-15-24(16-8-20)32(41)42;4*7-5-3-1-2-4-6(5)8/h1-16H,(H,35,36)(H,37,38)(H,39,40)(H,41,42);4*1-4H. The maximum absolute atomic E-state index is 11.5. The minimum atomic E-state index is -1.03. The molecule has 0 saturated carbocycles. The number of halogens is 8. The van der Waals surface area contributed by atoms with Gasteiger partial charge in [-0.25, -0.2) is 19.2 Å². The highest BCUT2D eigenvalue weighted by atomic mass is 35.5. The van der Waals surface area contributed by atoms with Crippen LogP contribution >= 0.6 is 140 Å². The summed E-state index contributed by atoms with van der Waals surface area (Å²) < 4.78 is 1.92. The van der Waals surface area contributed by atoms with Crippen molar-refractivity contribution in [2.75, 3.05) is 0 Å². The van der Waals surface area contributed by atoms with Gasteiger partial charge in [0.15, 0.2) is 0 Å². The fourth-order valence-corrected chi connectivity index (χ4v) is 13.2. The number of aromatic carboxylic acids is 4. The van der Waals surface area contributed by atoms with Crippen molar-refractivity contribution in [1.82, 2.24) is 0 Å². The number of hydrogen-bond acceptors (Lipinski definition) is 8. The Bertz CT molecular complexity index is 3010. The van der Waals surface area contributed by atoms with Gasteiger partial charge < -0.3 is 20.4 Å². The number of carboxylic acid groups (broad SMARTS) is 4. The minimum absolute atomic E-state index is 0.161. The van der Waals surface area contributed by atoms with E-state index in [2.05, 4.69) is 0 Å². The van der Waals surface area contributed by atoms with Crippen molar-refractivity contribution in [2.24, 2.45) is 0 Å². The first-order valence-electron chi connectivity index (χ1n) is 22.2. The molecule has 0 bridgehead atoms. The highest BCUT2D eigenvalue weighted by Gasteiger charge is 2.32. The molecule has 4 N–H and O–H groups in total. The molecule has 0 aliphatic carbocycles. The highest BCUT2D eigenvalue weighted by Crippen LogP contribution is 2.66. The van der Waals surface area contributed by atoms with E-state index in [1.54, 1.807) is 146 Å². The molecule has 0 fully saturated rings. The number of carboxylic acids is 4. The van der Waals surface area contributed by atoms with Crippen LogP contribution < -0.4 is 0 Å². The van der Waals surface area contributed by atoms with Crippen molar-refractivity contribution in [3.8, 4) is 0 Å². The predicted octanol–water partition coefficient (Wildman–Crippen LogP) is 20.9. The van der Waals surface area contributed by atoms with Gasteiger partial charge in [0, 0.05) is 19.6 Å². The summed E-state index contributed by atoms with van der Waals surface area (Å²) >= 11 is 50.7. The van der Waals surface area contributed by atoms with Gasteiger partial charge >= 0.3 is 23.9 Å². The molecule has 0 saturated heterocycles. The van der Waals surface area contributed by atoms with Crippen LogP contribution in [0.25, 0.3) is 19.6 Å². The first-order chi connectivity index (χ1) is 37.3. The monoisotopic (exact) mass is 1270 g/mol. The summed E-state index contributed by atoms with van der Waals surface area (Å²) in [5.41, 5.74) is 3.89. The van der Waals surface area contributed by atoms with Gasteiger partial charge in [0.25, 0.3) is 0 Å². The molecule has 8 nitrogen and oxygen atoms in total. The van der Waals surface area contributed by atoms with E-state index in [0.29, 0.717) is 40.2 Å². The van der Waals surface area contributed by atoms with Crippen molar-refractivity contribution < 1.29 is 39.6 Å². The van der Waals surface area contributed by atoms with Crippen molar-refractivity contribution in [3.05, 3.63) is 287 Å². The van der Waals surface area contributed by atoms with E-state index in [-0.39, 0.29) is 22.3 Å². The maximum atomic E-state index is 11.5. The topological polar surface area (TPSA) is 149 Å². The van der Waals surface area contributed by atoms with Crippen molar-refractivity contribution in [1.29, 1.82) is 0 Å². The predicted molar refractivity (Wildman–Crippen MR) is 330 cm³/mol. The van der Waals surface area contributed by atoms with E-state index in [9.17, 15) is 39.6 Å². The molecule has 2 aliphatic rings. The average Bonchev–Trinajstić information content (AvgIpc) is 4.10. The Labute approximate surface area is 505 Å². The van der Waals surface area contributed by atoms with Crippen molar-refractivity contribution in [3.63, 3.8) is 0 Å². The highest BCUT2D eigenvalue weighted by molar-refractivity contribution is 8.39. The summed E-state index contributed by atoms with van der Waals surface area (Å²) in [6, 6.07) is 55.2. The second-order valence-corrected chi connectivity index (χ2v) is 23.3. The van der Waals surface area contributed by atoms with Gasteiger partial charge in [0.1, 0.15) is 0 Å². The van der Waals surface area contributed by atoms with Crippen LogP contribution in [0.4, 0.5) is 0 Å². The lowest BCUT2D eigenvalue weighted by molar-refractivity contribution is 0.0686. The molecule has 0 amide bonds. The average molecular weight is 1270 g/mol. The van der Waals surface area contributed by atoms with Gasteiger partial charge in [-0.1, -0.05) is 237 Å². The number of carbonyl (C=O) groups is 4. The largest absolute Gasteiger partial charge is 0.478 e. The lowest BCUT2D eigenvalue weighted by Gasteiger charge is -2.07. The summed E-state index contributed by atoms with van der Waals surface area (Å²) in [7, 11) is 0. The van der Waals surface area contributed by atoms with Crippen molar-refractivity contribution >= 4 is 183 Å². The van der Waals surface area contributed by atoms with Crippen LogP contribution in [0.1, 0.15) is 63.7 Å². The molecular weight excluding hydrogens is 1240 g/mol. The number of thioether (sulfide) groups is 4. The zero-order valence-electron chi connectivity index (χ0n) is 39.6. The molecule has 0 unspecified atom stereocenters. The van der Waals surface area contributed by atoms with Gasteiger partial charge in [0.05, 0.1) is 70.9 Å². The first-order valence-corrected chi connectivity index (χ1v) is 28.5. The van der Waals surface area contributed by atoms with E-state index >= 15 is 0 Å². The van der Waals surface area contributed by atoms with E-state index in [0.717, 1.165) is 50.3 Å². The van der Waals surface area contributed by atoms with Gasteiger partial charge in [-0.2, -0.15) is 0 Å². The van der Waals surface area contributed by atoms with Crippen LogP contribution in [0.5, 0.6) is 0 Å². The van der Waals surface area contributed by atoms with E-state index < -0.39 is 23.9 Å². The Morgan fingerprint density at radius 3 is 0.500 bits per heavy atom. The molecule has 396 valence electrons. The zero-order chi connectivity index (χ0) is 56.5. The molecule has 8 aromatic carbocycles. The minimum Gasteiger partial charge on any atom is -0.478 e. The molecule has 10 rings (SSSR count). The summed E-state index contributed by atoms with van der Waals surface area (Å²) in [6.45, 7) is 0. The van der Waals surface area contributed by atoms with E-state index in [1.807, 2.05) is 48.5 Å². The summed E-state index contributed by atoms with van der Waals surface area (Å²) in [4.78, 5) is 49.5. The van der Waals surface area contributed by atoms with Crippen LogP contribution in [0.15, 0.2) is 203 Å². The lowest BCUT2D eigenvalue weighted by Crippen LogP contribution is -1.96. The fraction of sp³-hybridized carbons (Fsp3) is 0. The second kappa shape index (κ2) is 30.2. The molecule has 78 heavy (non-hydrogen) atoms. The summed E-state index contributed by atoms with van der Waals surface area (Å²) in [6.07, 6.45) is 0. The Morgan fingerprint density at radius 2 is 0.385 bits per heavy atom. The number of rotatable bonds is 8. The Hall–Kier alpha value is -5.42. The molecule has 2 heterocycles. The molecule has 2 aliphatic heterocycles. The molecule has 8 aromatic rings. The zero-order valence-corrected chi connectivity index (χ0v) is 48.9. The molecule has 20 heteroatoms. The summed E-state index contributed by atoms with van der Waals surface area (Å²) in [5.74, 6) is -4.12. The van der Waals surface area contributed by atoms with E-state index in [4.69, 9.17) is 92.8 Å². The van der Waals surface area contributed by atoms with Gasteiger partial charge in [-0.05, 0) is 119 Å². The molecule has 0 spiro atoms. The Balaban J connectivity index is 0.000000243. The van der Waals surface area contributed by atoms with Crippen molar-refractivity contribution in [2.45, 2.75) is 0 Å². The molecular formula is C58H36Cl8O8S4. The third kappa shape index (κ3) is 17.8. The molecule has 0 atom stereocenters. The van der Waals surface area contributed by atoms with Gasteiger partial charge in [-0.15, -0.1) is 0 Å². The fourth-order valence-electron chi connectivity index (χ4n) is 6.34. The lowest BCUT2D eigenvalue weighted by atomic mass is 10.1. The third-order valence-corrected chi connectivity index (χ3v) is 19.2. The second-order valence-electron chi connectivity index (χ2n) is 15.5. The molecule has 0 radical (unpaired) electrons. The number of benzene rings is 8. The van der Waals surface area contributed by atoms with Crippen LogP contribution in [0.2, 0.25) is 40.2 Å². The first kappa shape index (κ1) is 61.8. The molecule has 0 aromatic heterocycles. The van der Waals surface area contributed by atoms with Gasteiger partial charge in [-0.3, -0.25) is 0 Å². The van der Waals surface area contributed by atoms with Gasteiger partial charge in [0.2, 0.25) is 0 Å². The Morgan fingerprint density at radius 1 is 0.244 bits per heavy atom. The van der Waals surface area contributed by atoms with E-state index in [1.165, 1.54) is 47.0 Å². The normalized spacial score (nSPS) is 12.4. The van der Waals surface area contributed by atoms with Crippen LogP contribution in [0.3, 0.4) is 0 Å². The quantitative estimate of drug-likeness (QED) is 0.115.